The van der Waals surface area contributed by atoms with E-state index in [1.807, 2.05) is 0 Å². The quantitative estimate of drug-likeness (QED) is 0.349. The first-order chi connectivity index (χ1) is 3.18. The van der Waals surface area contributed by atoms with Crippen LogP contribution >= 0.6 is 8.30 Å². The Morgan fingerprint density at radius 1 is 1.57 bits per heavy atom. The number of hydrogen-bond acceptors (Lipinski definition) is 2. The maximum atomic E-state index is 4.98. The summed E-state index contributed by atoms with van der Waals surface area (Å²) in [5, 5.41) is 0. The number of rotatable bonds is 2. The zero-order valence-corrected chi connectivity index (χ0v) is 4.93. The van der Waals surface area contributed by atoms with E-state index in [9.17, 15) is 0 Å². The molecule has 0 heterocycles. The second kappa shape index (κ2) is 3.53. The van der Waals surface area contributed by atoms with Gasteiger partial charge in [0.25, 0.3) is 8.05 Å². The molecule has 0 fully saturated rings. The molecular formula is CH3B3NOP. The Kier molecular flexibility index (Phi) is 3.81. The molecule has 0 aromatic carbocycles. The third-order valence-corrected chi connectivity index (χ3v) is 1.43. The molecule has 0 bridgehead atoms. The molecule has 0 aliphatic carbocycles. The molecule has 1 unspecified atom stereocenters. The van der Waals surface area contributed by atoms with Crippen molar-refractivity contribution in [2.24, 2.45) is 0 Å². The second-order valence-electron chi connectivity index (χ2n) is 0.950. The molecule has 0 aromatic rings. The van der Waals surface area contributed by atoms with Crippen molar-refractivity contribution in [3.8, 4) is 0 Å². The van der Waals surface area contributed by atoms with Gasteiger partial charge in [-0.3, -0.25) is 0 Å². The molecule has 2 nitrogen and oxygen atoms in total. The highest BCUT2D eigenvalue weighted by Gasteiger charge is 1.96. The predicted octanol–water partition coefficient (Wildman–Crippen LogP) is -0.503. The van der Waals surface area contributed by atoms with E-state index in [1.54, 1.807) is 6.66 Å². The van der Waals surface area contributed by atoms with Gasteiger partial charge in [0, 0.05) is 0 Å². The molecule has 32 valence electrons. The van der Waals surface area contributed by atoms with Crippen molar-refractivity contribution >= 4 is 32.3 Å². The second-order valence-corrected chi connectivity index (χ2v) is 2.55. The van der Waals surface area contributed by atoms with E-state index < -0.39 is 8.30 Å². The van der Waals surface area contributed by atoms with Crippen molar-refractivity contribution in [1.82, 2.24) is 4.49 Å². The maximum absolute atomic E-state index is 4.98. The highest BCUT2D eigenvalue weighted by molar-refractivity contribution is 7.52. The Balaban J connectivity index is 3.14. The first kappa shape index (κ1) is 7.54. The molecule has 0 amide bonds. The summed E-state index contributed by atoms with van der Waals surface area (Å²) in [6.07, 6.45) is 0. The van der Waals surface area contributed by atoms with Crippen molar-refractivity contribution in [1.29, 1.82) is 0 Å². The molecule has 0 rings (SSSR count). The summed E-state index contributed by atoms with van der Waals surface area (Å²) in [5.41, 5.74) is 0. The van der Waals surface area contributed by atoms with Crippen LogP contribution in [-0.4, -0.2) is 35.2 Å². The molecule has 0 N–H and O–H groups in total. The van der Waals surface area contributed by atoms with Gasteiger partial charge in [-0.15, -0.1) is 0 Å². The summed E-state index contributed by atoms with van der Waals surface area (Å²) < 4.78 is 5.19. The summed E-state index contributed by atoms with van der Waals surface area (Å²) >= 11 is 0. The number of hydrogen-bond donors (Lipinski definition) is 0. The molecule has 6 heteroatoms. The summed E-state index contributed by atoms with van der Waals surface area (Å²) in [5.74, 6) is 0. The van der Waals surface area contributed by atoms with Crippen molar-refractivity contribution < 1.29 is 4.44 Å². The van der Waals surface area contributed by atoms with E-state index in [0.717, 1.165) is 4.49 Å². The summed E-state index contributed by atoms with van der Waals surface area (Å²) in [6, 6.07) is 0. The lowest BCUT2D eigenvalue weighted by Gasteiger charge is -2.18. The third-order valence-electron chi connectivity index (χ3n) is 0.478. The molecular weight excluding hydrogens is 105 g/mol. The highest BCUT2D eigenvalue weighted by Crippen LogP contribution is 2.30. The van der Waals surface area contributed by atoms with E-state index in [4.69, 9.17) is 24.0 Å². The van der Waals surface area contributed by atoms with E-state index >= 15 is 0 Å². The average Bonchev–Trinajstić information content (AvgIpc) is 1.65. The van der Waals surface area contributed by atoms with Crippen molar-refractivity contribution in [3.63, 3.8) is 0 Å². The van der Waals surface area contributed by atoms with E-state index in [2.05, 4.69) is 4.44 Å². The topological polar surface area (TPSA) is 12.5 Å². The molecule has 1 atom stereocenters. The van der Waals surface area contributed by atoms with Gasteiger partial charge in [0.2, 0.25) is 0 Å². The molecule has 7 heavy (non-hydrogen) atoms. The lowest BCUT2D eigenvalue weighted by Crippen LogP contribution is -2.08. The summed E-state index contributed by atoms with van der Waals surface area (Å²) in [6.45, 7) is 1.69. The Labute approximate surface area is 48.8 Å². The van der Waals surface area contributed by atoms with Crippen LogP contribution < -0.4 is 0 Å². The SMILES string of the molecule is [B]OP(C)N([B])[B]. The Morgan fingerprint density at radius 2 is 2.00 bits per heavy atom. The van der Waals surface area contributed by atoms with Crippen LogP contribution in [0.1, 0.15) is 0 Å². The van der Waals surface area contributed by atoms with Crippen LogP contribution in [0.2, 0.25) is 0 Å². The fraction of sp³-hybridized carbons (Fsp3) is 1.00. The minimum Gasteiger partial charge on any atom is -0.418 e. The van der Waals surface area contributed by atoms with Gasteiger partial charge in [0.1, 0.15) is 0 Å². The van der Waals surface area contributed by atoms with Gasteiger partial charge in [-0.25, -0.2) is 0 Å². The first-order valence-electron chi connectivity index (χ1n) is 1.58. The van der Waals surface area contributed by atoms with Gasteiger partial charge in [-0.05, 0) is 6.66 Å². The van der Waals surface area contributed by atoms with Crippen LogP contribution in [0.15, 0.2) is 0 Å². The van der Waals surface area contributed by atoms with E-state index in [1.165, 1.54) is 0 Å². The normalized spacial score (nSPS) is 14.6. The summed E-state index contributed by atoms with van der Waals surface area (Å²) in [7, 11) is 13.7. The van der Waals surface area contributed by atoms with Crippen LogP contribution in [0.3, 0.4) is 0 Å². The van der Waals surface area contributed by atoms with E-state index in [0.29, 0.717) is 0 Å². The largest absolute Gasteiger partial charge is 0.418 e. The Hall–Kier alpha value is 0.545. The maximum Gasteiger partial charge on any atom is 0.290 e. The van der Waals surface area contributed by atoms with Crippen molar-refractivity contribution in [3.05, 3.63) is 0 Å². The molecule has 6 radical (unpaired) electrons. The zero-order valence-electron chi connectivity index (χ0n) is 4.03. The lowest BCUT2D eigenvalue weighted by molar-refractivity contribution is 0.666. The standard InChI is InChI=1S/CH3B3NOP/c1-7(6-4)5(2)3/h1H3. The molecule has 0 spiro atoms. The van der Waals surface area contributed by atoms with Crippen LogP contribution in [0.5, 0.6) is 0 Å². The van der Waals surface area contributed by atoms with Crippen LogP contribution in [-0.2, 0) is 4.44 Å². The lowest BCUT2D eigenvalue weighted by atomic mass is 10.3. The first-order valence-corrected chi connectivity index (χ1v) is 3.24. The van der Waals surface area contributed by atoms with Gasteiger partial charge in [0.15, 0.2) is 16.0 Å². The molecule has 0 aliphatic rings. The zero-order chi connectivity index (χ0) is 5.86. The minimum atomic E-state index is -0.971. The fourth-order valence-electron chi connectivity index (χ4n) is 0.0544. The Bertz CT molecular complexity index is 52.2. The smallest absolute Gasteiger partial charge is 0.290 e. The van der Waals surface area contributed by atoms with Gasteiger partial charge >= 0.3 is 0 Å². The molecule has 0 aromatic heterocycles. The monoisotopic (exact) mass is 109 g/mol. The van der Waals surface area contributed by atoms with Crippen LogP contribution in [0.4, 0.5) is 0 Å². The van der Waals surface area contributed by atoms with Gasteiger partial charge in [0.05, 0.1) is 8.30 Å². The minimum absolute atomic E-state index is 0.940. The summed E-state index contributed by atoms with van der Waals surface area (Å²) in [4.78, 5) is 0. The van der Waals surface area contributed by atoms with E-state index in [-0.39, 0.29) is 0 Å². The van der Waals surface area contributed by atoms with Crippen molar-refractivity contribution in [2.45, 2.75) is 0 Å². The van der Waals surface area contributed by atoms with Gasteiger partial charge in [-0.2, -0.15) is 0 Å². The van der Waals surface area contributed by atoms with Crippen molar-refractivity contribution in [2.75, 3.05) is 6.66 Å². The molecule has 0 aliphatic heterocycles. The third kappa shape index (κ3) is 3.16. The molecule has 0 saturated heterocycles. The van der Waals surface area contributed by atoms with Gasteiger partial charge < -0.3 is 8.93 Å². The van der Waals surface area contributed by atoms with Gasteiger partial charge in [-0.1, -0.05) is 0 Å². The van der Waals surface area contributed by atoms with Crippen LogP contribution in [0, 0.1) is 0 Å². The highest BCUT2D eigenvalue weighted by atomic mass is 31.2. The predicted molar refractivity (Wildman–Crippen MR) is 33.0 cm³/mol. The molecule has 0 saturated carbocycles. The number of nitrogens with zero attached hydrogens (tertiary/aromatic N) is 1. The fourth-order valence-corrected chi connectivity index (χ4v) is 0.163. The Morgan fingerprint density at radius 3 is 2.00 bits per heavy atom. The average molecular weight is 108 g/mol. The van der Waals surface area contributed by atoms with Crippen LogP contribution in [0.25, 0.3) is 0 Å².